The molecule has 3 aliphatic heterocycles. The number of aliphatic hydroxyl groups excluding tert-OH is 3. The Morgan fingerprint density at radius 2 is 1.34 bits per heavy atom. The second kappa shape index (κ2) is 23.9. The zero-order chi connectivity index (χ0) is 60.3. The first-order chi connectivity index (χ1) is 38.9. The molecule has 0 aromatic carbocycles. The summed E-state index contributed by atoms with van der Waals surface area (Å²) in [6.07, 6.45) is -13.1. The Bertz CT molecular complexity index is 3830. The highest BCUT2D eigenvalue weighted by Gasteiger charge is 2.54. The molecule has 9 rings (SSSR count). The third-order valence-electron chi connectivity index (χ3n) is 13.0. The van der Waals surface area contributed by atoms with Crippen LogP contribution in [0.4, 0.5) is 17.7 Å². The van der Waals surface area contributed by atoms with Gasteiger partial charge in [-0.3, -0.25) is 51.4 Å². The summed E-state index contributed by atoms with van der Waals surface area (Å²) in [5.74, 6) is -2.41. The molecular formula is C37H55N16O25P4S+. The van der Waals surface area contributed by atoms with E-state index in [2.05, 4.69) is 53.2 Å². The molecule has 0 aliphatic carbocycles. The van der Waals surface area contributed by atoms with Crippen LogP contribution in [0.1, 0.15) is 38.4 Å². The van der Waals surface area contributed by atoms with E-state index < -0.39 is 152 Å². The highest BCUT2D eigenvalue weighted by Crippen LogP contribution is 2.68. The van der Waals surface area contributed by atoms with E-state index in [0.29, 0.717) is 6.42 Å². The van der Waals surface area contributed by atoms with Gasteiger partial charge in [0.25, 0.3) is 17.1 Å². The number of rotatable bonds is 25. The van der Waals surface area contributed by atoms with E-state index >= 15 is 0 Å². The molecule has 0 saturated carbocycles. The minimum Gasteiger partial charge on any atom is -0.387 e. The first kappa shape index (κ1) is 62.3. The van der Waals surface area contributed by atoms with Gasteiger partial charge in [0, 0.05) is 19.6 Å². The third kappa shape index (κ3) is 13.4. The Labute approximate surface area is 464 Å². The van der Waals surface area contributed by atoms with Crippen molar-refractivity contribution < 1.29 is 112 Å². The van der Waals surface area contributed by atoms with Crippen molar-refractivity contribution in [3.8, 4) is 0 Å². The van der Waals surface area contributed by atoms with Gasteiger partial charge in [-0.1, -0.05) is 18.3 Å². The number of nitrogens with one attached hydrogen (secondary N) is 3. The van der Waals surface area contributed by atoms with Gasteiger partial charge in [-0.25, -0.2) is 55.9 Å². The van der Waals surface area contributed by atoms with Crippen molar-refractivity contribution in [2.75, 3.05) is 56.4 Å². The molecule has 16 N–H and O–H groups in total. The number of ether oxygens (including phenoxy) is 4. The molecule has 41 nitrogen and oxygen atoms in total. The van der Waals surface area contributed by atoms with Crippen LogP contribution in [0.5, 0.6) is 0 Å². The van der Waals surface area contributed by atoms with Crippen LogP contribution in [-0.2, 0) is 81.0 Å². The molecule has 0 spiro atoms. The Morgan fingerprint density at radius 1 is 0.735 bits per heavy atom. The molecule has 83 heavy (non-hydrogen) atoms. The summed E-state index contributed by atoms with van der Waals surface area (Å²) in [5.41, 5.74) is 15.5. The Morgan fingerprint density at radius 3 is 2.01 bits per heavy atom. The SMILES string of the molecule is CCCCS(=O)(=O)NC[C@H]1[C@@H](O)[C@H]([n+]2cn(C)c3c(=O)[nH]c(N)nc32)O[C@@H]1COP(=O)(O)OP(=O)(O)OP(=O)(O)OC[C@H]1O[C@@H](n2cnc3c(N)ncnc32)[C@H](OC)[C@@H]1OP(=O)(O)OC[C@H]1O[C@@H](n2cnc3c(=O)[nH]c(N)nc32)[C@H](O)[C@@H]1O. The maximum absolute atomic E-state index is 13.8. The first-order valence-corrected chi connectivity index (χ1v) is 31.8. The van der Waals surface area contributed by atoms with Crippen molar-refractivity contribution in [2.45, 2.75) is 87.3 Å². The Kier molecular flexibility index (Phi) is 18.0. The van der Waals surface area contributed by atoms with Gasteiger partial charge in [0.1, 0.15) is 54.6 Å². The number of H-pyrrole nitrogens is 2. The molecule has 16 atom stereocenters. The van der Waals surface area contributed by atoms with Gasteiger partial charge in [-0.15, -0.1) is 0 Å². The number of unbranched alkanes of at least 4 members (excludes halogenated alkanes) is 1. The highest BCUT2D eigenvalue weighted by molar-refractivity contribution is 7.89. The lowest BCUT2D eigenvalue weighted by Gasteiger charge is -2.26. The molecule has 9 heterocycles. The van der Waals surface area contributed by atoms with E-state index in [0.717, 1.165) is 30.7 Å². The van der Waals surface area contributed by atoms with E-state index in [1.807, 2.05) is 0 Å². The molecule has 3 saturated heterocycles. The Balaban J connectivity index is 0.880. The van der Waals surface area contributed by atoms with E-state index in [1.54, 1.807) is 6.92 Å². The van der Waals surface area contributed by atoms with E-state index in [-0.39, 0.29) is 63.4 Å². The van der Waals surface area contributed by atoms with Crippen LogP contribution < -0.4 is 37.6 Å². The van der Waals surface area contributed by atoms with Gasteiger partial charge in [-0.2, -0.15) is 13.6 Å². The number of fused-ring (bicyclic) bond motifs is 3. The highest BCUT2D eigenvalue weighted by atomic mass is 32.2. The smallest absolute Gasteiger partial charge is 0.387 e. The number of nitrogens with zero attached hydrogens (tertiary/aromatic N) is 10. The zero-order valence-electron chi connectivity index (χ0n) is 43.1. The number of hydrogen-bond donors (Lipinski definition) is 13. The van der Waals surface area contributed by atoms with Crippen LogP contribution in [0, 0.1) is 5.92 Å². The topological polar surface area (TPSA) is 588 Å². The molecule has 0 amide bonds. The molecular weight excluding hydrogens is 1220 g/mol. The number of aryl methyl sites for hydroxylation is 1. The van der Waals surface area contributed by atoms with Crippen molar-refractivity contribution >= 4 is 92.5 Å². The molecule has 458 valence electrons. The van der Waals surface area contributed by atoms with Gasteiger partial charge < -0.3 is 71.0 Å². The number of methoxy groups -OCH3 is 1. The number of aromatic amines is 2. The number of anilines is 3. The fraction of sp³-hybridized carbons (Fsp3) is 0.595. The largest absolute Gasteiger partial charge is 0.490 e. The van der Waals surface area contributed by atoms with Crippen molar-refractivity contribution in [2.24, 2.45) is 13.0 Å². The van der Waals surface area contributed by atoms with Crippen LogP contribution >= 0.6 is 31.3 Å². The number of nitrogens with two attached hydrogens (primary N) is 3. The molecule has 3 aliphatic rings. The van der Waals surface area contributed by atoms with Gasteiger partial charge in [0.05, 0.1) is 51.4 Å². The van der Waals surface area contributed by atoms with Crippen molar-refractivity contribution in [3.05, 3.63) is 46.0 Å². The Hall–Kier alpha value is -5.20. The average Bonchev–Trinajstić information content (AvgIpc) is 4.34. The fourth-order valence-corrected chi connectivity index (χ4v) is 15.0. The third-order valence-corrected chi connectivity index (χ3v) is 19.7. The molecule has 4 unspecified atom stereocenters. The second-order valence-corrected chi connectivity index (χ2v) is 26.6. The molecule has 6 aromatic rings. The fourth-order valence-electron chi connectivity index (χ4n) is 9.26. The zero-order valence-corrected chi connectivity index (χ0v) is 47.5. The van der Waals surface area contributed by atoms with Gasteiger partial charge >= 0.3 is 36.9 Å². The number of phosphoric ester groups is 3. The van der Waals surface area contributed by atoms with E-state index in [9.17, 15) is 71.2 Å². The van der Waals surface area contributed by atoms with Gasteiger partial charge in [0.2, 0.25) is 27.7 Å². The predicted molar refractivity (Wildman–Crippen MR) is 273 cm³/mol. The van der Waals surface area contributed by atoms with E-state index in [1.165, 1.54) is 27.1 Å². The van der Waals surface area contributed by atoms with Crippen LogP contribution in [0.3, 0.4) is 0 Å². The summed E-state index contributed by atoms with van der Waals surface area (Å²) in [6, 6.07) is 0. The normalized spacial score (nSPS) is 28.9. The molecule has 3 fully saturated rings. The summed E-state index contributed by atoms with van der Waals surface area (Å²) in [7, 11) is -25.2. The van der Waals surface area contributed by atoms with Gasteiger partial charge in [0.15, 0.2) is 41.4 Å². The van der Waals surface area contributed by atoms with Crippen molar-refractivity contribution in [3.63, 3.8) is 0 Å². The van der Waals surface area contributed by atoms with Crippen molar-refractivity contribution in [1.29, 1.82) is 0 Å². The molecule has 0 bridgehead atoms. The predicted octanol–water partition coefficient (Wildman–Crippen LogP) is -3.74. The first-order valence-electron chi connectivity index (χ1n) is 24.2. The lowest BCUT2D eigenvalue weighted by atomic mass is 9.98. The van der Waals surface area contributed by atoms with Crippen LogP contribution in [0.25, 0.3) is 33.5 Å². The minimum absolute atomic E-state index is 0.00502. The lowest BCUT2D eigenvalue weighted by molar-refractivity contribution is -0.745. The van der Waals surface area contributed by atoms with Crippen molar-refractivity contribution in [1.82, 2.24) is 58.3 Å². The summed E-state index contributed by atoms with van der Waals surface area (Å²) in [5, 5.41) is 33.4. The standard InChI is InChI=1S/C37H54N16O25P4S/c1-4-5-6-83(67,68)45-7-15-16(73-33(22(15)54)53-14-50(2)21-30(53)47-37(40)49-32(21)58)8-71-80(61,62)77-82(65,66)78-81(63,64)72-10-18-25(26(69-3)35(75-18)51-12-43-19-27(38)41-11-42-28(19)51)76-79(59,60)70-9-17-23(55)24(56)34(74-17)52-13-44-20-29(52)46-36(39)48-31(20)57/h11-18,22-26,33-35,45,54-56H,4-10H2,1-3H3,(H11-,38,39,40,41,42,46,47,48,49,57,58,59,60,61,62,63,64,65,66)/p+1/t15-,16-,17-,18-,22-,23-,24-,25-,26-,33-,34-,35-/m1/s1. The number of sulfonamides is 1. The second-order valence-electron chi connectivity index (χ2n) is 18.7. The summed E-state index contributed by atoms with van der Waals surface area (Å²) < 4.78 is 139. The van der Waals surface area contributed by atoms with Crippen LogP contribution in [0.2, 0.25) is 0 Å². The average molecular weight is 1280 g/mol. The maximum Gasteiger partial charge on any atom is 0.490 e. The number of imidazole rings is 3. The number of aromatic nitrogens is 12. The number of hydrogen-bond acceptors (Lipinski definition) is 30. The number of nitrogen functional groups attached to an aromatic ring is 3. The quantitative estimate of drug-likeness (QED) is 0.0194. The summed E-state index contributed by atoms with van der Waals surface area (Å²) in [6.45, 7) is -2.24. The molecule has 46 heteroatoms. The van der Waals surface area contributed by atoms with Crippen LogP contribution in [-0.4, -0.2) is 185 Å². The lowest BCUT2D eigenvalue weighted by Crippen LogP contribution is -2.46. The van der Waals surface area contributed by atoms with E-state index in [4.69, 9.17) is 54.2 Å². The number of phosphoric acid groups is 4. The monoisotopic (exact) mass is 1280 g/mol. The van der Waals surface area contributed by atoms with Gasteiger partial charge in [-0.05, 0) is 6.42 Å². The summed E-state index contributed by atoms with van der Waals surface area (Å²) >= 11 is 0. The van der Waals surface area contributed by atoms with Crippen LogP contribution in [0.15, 0.2) is 34.9 Å². The molecule has 0 radical (unpaired) electrons. The molecule has 6 aromatic heterocycles. The minimum atomic E-state index is -6.28. The summed E-state index contributed by atoms with van der Waals surface area (Å²) in [4.78, 5) is 96.9. The maximum atomic E-state index is 13.8. The number of aliphatic hydroxyl groups is 3.